The van der Waals surface area contributed by atoms with Crippen LogP contribution in [0.4, 0.5) is 10.5 Å². The fourth-order valence-corrected chi connectivity index (χ4v) is 2.00. The molecule has 2 rings (SSSR count). The van der Waals surface area contributed by atoms with Crippen LogP contribution in [-0.2, 0) is 9.53 Å². The smallest absolute Gasteiger partial charge is 0.414 e. The summed E-state index contributed by atoms with van der Waals surface area (Å²) in [6.07, 6.45) is -0.658. The molecule has 1 heterocycles. The molecule has 1 amide bonds. The maximum Gasteiger partial charge on any atom is 0.414 e. The second-order valence-electron chi connectivity index (χ2n) is 4.13. The molecule has 1 N–H and O–H groups in total. The normalized spacial score (nSPS) is 18.3. The van der Waals surface area contributed by atoms with Gasteiger partial charge < -0.3 is 14.6 Å². The minimum atomic E-state index is -0.959. The van der Waals surface area contributed by atoms with Crippen LogP contribution in [0.2, 0.25) is 0 Å². The number of nitrogens with zero attached hydrogens (tertiary/aromatic N) is 1. The number of carboxylic acid groups (broad SMARTS) is 1. The van der Waals surface area contributed by atoms with Crippen molar-refractivity contribution in [1.29, 1.82) is 0 Å². The molecule has 1 aliphatic heterocycles. The highest BCUT2D eigenvalue weighted by molar-refractivity contribution is 5.91. The number of benzene rings is 1. The summed E-state index contributed by atoms with van der Waals surface area (Å²) in [5.41, 5.74) is 0.609. The molecule has 0 radical (unpaired) electrons. The van der Waals surface area contributed by atoms with Crippen LogP contribution < -0.4 is 9.64 Å². The van der Waals surface area contributed by atoms with Crippen molar-refractivity contribution in [3.8, 4) is 5.75 Å². The fourth-order valence-electron chi connectivity index (χ4n) is 2.00. The Labute approximate surface area is 110 Å². The van der Waals surface area contributed by atoms with Crippen LogP contribution >= 0.6 is 0 Å². The zero-order valence-corrected chi connectivity index (χ0v) is 10.5. The van der Waals surface area contributed by atoms with Crippen LogP contribution in [0.1, 0.15) is 13.3 Å². The summed E-state index contributed by atoms with van der Waals surface area (Å²) in [6.45, 7) is 2.54. The number of hydrogen-bond donors (Lipinski definition) is 1. The molecule has 0 aliphatic carbocycles. The number of anilines is 1. The van der Waals surface area contributed by atoms with Gasteiger partial charge >= 0.3 is 12.1 Å². The van der Waals surface area contributed by atoms with E-state index in [-0.39, 0.29) is 13.0 Å². The maximum absolute atomic E-state index is 11.7. The van der Waals surface area contributed by atoms with Gasteiger partial charge in [-0.1, -0.05) is 0 Å². The Morgan fingerprint density at radius 2 is 2.16 bits per heavy atom. The molecule has 6 nitrogen and oxygen atoms in total. The SMILES string of the molecule is CCOc1ccc(N2C(=O)OCC2CC(=O)O)cc1. The summed E-state index contributed by atoms with van der Waals surface area (Å²) in [6, 6.07) is 6.44. The highest BCUT2D eigenvalue weighted by atomic mass is 16.6. The van der Waals surface area contributed by atoms with Crippen LogP contribution in [0.5, 0.6) is 5.75 Å². The third-order valence-electron chi connectivity index (χ3n) is 2.80. The zero-order valence-electron chi connectivity index (χ0n) is 10.5. The number of ether oxygens (including phenoxy) is 2. The van der Waals surface area contributed by atoms with Gasteiger partial charge in [0.1, 0.15) is 12.4 Å². The van der Waals surface area contributed by atoms with E-state index in [1.165, 1.54) is 4.90 Å². The minimum Gasteiger partial charge on any atom is -0.494 e. The van der Waals surface area contributed by atoms with Crippen LogP contribution in [0, 0.1) is 0 Å². The molecule has 0 bridgehead atoms. The van der Waals surface area contributed by atoms with Gasteiger partial charge in [-0.05, 0) is 31.2 Å². The molecular weight excluding hydrogens is 250 g/mol. The average Bonchev–Trinajstić information content (AvgIpc) is 2.71. The van der Waals surface area contributed by atoms with E-state index in [0.717, 1.165) is 0 Å². The number of carbonyl (C=O) groups is 2. The van der Waals surface area contributed by atoms with E-state index in [0.29, 0.717) is 18.0 Å². The molecule has 1 saturated heterocycles. The summed E-state index contributed by atoms with van der Waals surface area (Å²) >= 11 is 0. The van der Waals surface area contributed by atoms with Crippen LogP contribution in [-0.4, -0.2) is 36.4 Å². The number of rotatable bonds is 5. The quantitative estimate of drug-likeness (QED) is 0.879. The number of amides is 1. The summed E-state index contributed by atoms with van der Waals surface area (Å²) in [5.74, 6) is -0.257. The molecule has 1 aromatic rings. The molecule has 1 unspecified atom stereocenters. The van der Waals surface area contributed by atoms with Crippen LogP contribution in [0.15, 0.2) is 24.3 Å². The first-order valence-corrected chi connectivity index (χ1v) is 6.02. The third-order valence-corrected chi connectivity index (χ3v) is 2.80. The molecular formula is C13H15NO5. The van der Waals surface area contributed by atoms with Crippen molar-refractivity contribution in [3.05, 3.63) is 24.3 Å². The lowest BCUT2D eigenvalue weighted by molar-refractivity contribution is -0.137. The summed E-state index contributed by atoms with van der Waals surface area (Å²) in [4.78, 5) is 23.8. The van der Waals surface area contributed by atoms with Crippen LogP contribution in [0.25, 0.3) is 0 Å². The molecule has 6 heteroatoms. The minimum absolute atomic E-state index is 0.0956. The predicted octanol–water partition coefficient (Wildman–Crippen LogP) is 1.89. The Morgan fingerprint density at radius 1 is 1.47 bits per heavy atom. The first-order chi connectivity index (χ1) is 9.11. The number of cyclic esters (lactones) is 1. The Balaban J connectivity index is 2.17. The average molecular weight is 265 g/mol. The van der Waals surface area contributed by atoms with Gasteiger partial charge in [-0.2, -0.15) is 0 Å². The molecule has 19 heavy (non-hydrogen) atoms. The molecule has 102 valence electrons. The van der Waals surface area contributed by atoms with Crippen molar-refractivity contribution >= 4 is 17.7 Å². The van der Waals surface area contributed by atoms with Crippen molar-refractivity contribution < 1.29 is 24.2 Å². The van der Waals surface area contributed by atoms with Gasteiger partial charge in [0.15, 0.2) is 0 Å². The van der Waals surface area contributed by atoms with Gasteiger partial charge in [-0.15, -0.1) is 0 Å². The van der Waals surface area contributed by atoms with Gasteiger partial charge in [0.25, 0.3) is 0 Å². The maximum atomic E-state index is 11.7. The number of aliphatic carboxylic acids is 1. The van der Waals surface area contributed by atoms with Crippen molar-refractivity contribution in [2.75, 3.05) is 18.1 Å². The van der Waals surface area contributed by atoms with Gasteiger partial charge in [0.05, 0.1) is 19.1 Å². The number of carbonyl (C=O) groups excluding carboxylic acids is 1. The van der Waals surface area contributed by atoms with Crippen molar-refractivity contribution in [2.24, 2.45) is 0 Å². The lowest BCUT2D eigenvalue weighted by Crippen LogP contribution is -2.35. The molecule has 0 aromatic heterocycles. The predicted molar refractivity (Wildman–Crippen MR) is 67.5 cm³/mol. The van der Waals surface area contributed by atoms with E-state index in [2.05, 4.69) is 0 Å². The Morgan fingerprint density at radius 3 is 2.74 bits per heavy atom. The zero-order chi connectivity index (χ0) is 13.8. The highest BCUT2D eigenvalue weighted by Gasteiger charge is 2.35. The molecule has 1 atom stereocenters. The van der Waals surface area contributed by atoms with E-state index in [1.54, 1.807) is 24.3 Å². The second-order valence-corrected chi connectivity index (χ2v) is 4.13. The number of hydrogen-bond acceptors (Lipinski definition) is 4. The van der Waals surface area contributed by atoms with E-state index >= 15 is 0 Å². The molecule has 1 aliphatic rings. The van der Waals surface area contributed by atoms with E-state index in [9.17, 15) is 9.59 Å². The number of carboxylic acids is 1. The monoisotopic (exact) mass is 265 g/mol. The van der Waals surface area contributed by atoms with E-state index in [1.807, 2.05) is 6.92 Å². The lowest BCUT2D eigenvalue weighted by Gasteiger charge is -2.20. The van der Waals surface area contributed by atoms with Crippen LogP contribution in [0.3, 0.4) is 0 Å². The first kappa shape index (κ1) is 13.2. The van der Waals surface area contributed by atoms with Gasteiger partial charge in [-0.25, -0.2) is 4.79 Å². The molecule has 0 saturated carbocycles. The van der Waals surface area contributed by atoms with E-state index < -0.39 is 18.1 Å². The standard InChI is InChI=1S/C13H15NO5/c1-2-18-11-5-3-9(4-6-11)14-10(7-12(15)16)8-19-13(14)17/h3-6,10H,2,7-8H2,1H3,(H,15,16). The summed E-state index contributed by atoms with van der Waals surface area (Å²) in [7, 11) is 0. The van der Waals surface area contributed by atoms with E-state index in [4.69, 9.17) is 14.6 Å². The summed E-state index contributed by atoms with van der Waals surface area (Å²) in [5, 5.41) is 8.83. The lowest BCUT2D eigenvalue weighted by atomic mass is 10.2. The largest absolute Gasteiger partial charge is 0.494 e. The molecule has 1 fully saturated rings. The van der Waals surface area contributed by atoms with Crippen molar-refractivity contribution in [1.82, 2.24) is 0 Å². The van der Waals surface area contributed by atoms with Crippen molar-refractivity contribution in [3.63, 3.8) is 0 Å². The topological polar surface area (TPSA) is 76.1 Å². The van der Waals surface area contributed by atoms with Gasteiger partial charge in [-0.3, -0.25) is 9.69 Å². The van der Waals surface area contributed by atoms with Gasteiger partial charge in [0, 0.05) is 5.69 Å². The highest BCUT2D eigenvalue weighted by Crippen LogP contribution is 2.26. The Hall–Kier alpha value is -2.24. The van der Waals surface area contributed by atoms with Gasteiger partial charge in [0.2, 0.25) is 0 Å². The molecule has 1 aromatic carbocycles. The van der Waals surface area contributed by atoms with Crippen molar-refractivity contribution in [2.45, 2.75) is 19.4 Å². The fraction of sp³-hybridized carbons (Fsp3) is 0.385. The first-order valence-electron chi connectivity index (χ1n) is 6.02. The Bertz CT molecular complexity index is 470. The second kappa shape index (κ2) is 5.60. The molecule has 0 spiro atoms. The Kier molecular flexibility index (Phi) is 3.89. The summed E-state index contributed by atoms with van der Waals surface area (Å²) < 4.78 is 10.2. The third kappa shape index (κ3) is 2.96.